The van der Waals surface area contributed by atoms with Crippen LogP contribution in [0.3, 0.4) is 0 Å². The maximum atomic E-state index is 14.0. The van der Waals surface area contributed by atoms with Gasteiger partial charge < -0.3 is 23.7 Å². The molecule has 5 rings (SSSR count). The largest absolute Gasteiger partial charge is 0.493 e. The van der Waals surface area contributed by atoms with Crippen molar-refractivity contribution < 1.29 is 33.3 Å². The van der Waals surface area contributed by atoms with E-state index in [9.17, 15) is 14.4 Å². The predicted molar refractivity (Wildman–Crippen MR) is 164 cm³/mol. The molecule has 0 fully saturated rings. The summed E-state index contributed by atoms with van der Waals surface area (Å²) in [6, 6.07) is 19.2. The van der Waals surface area contributed by atoms with Gasteiger partial charge in [-0.1, -0.05) is 53.8 Å². The summed E-state index contributed by atoms with van der Waals surface area (Å²) in [6.07, 6.45) is 1.74. The van der Waals surface area contributed by atoms with Crippen molar-refractivity contribution in [1.82, 2.24) is 4.57 Å². The van der Waals surface area contributed by atoms with Gasteiger partial charge in [-0.2, -0.15) is 0 Å². The molecule has 0 N–H and O–H groups in total. The number of benzene rings is 3. The lowest BCUT2D eigenvalue weighted by Gasteiger charge is -2.25. The van der Waals surface area contributed by atoms with Gasteiger partial charge in [0.05, 0.1) is 43.2 Å². The highest BCUT2D eigenvalue weighted by molar-refractivity contribution is 7.07. The molecule has 0 radical (unpaired) electrons. The smallest absolute Gasteiger partial charge is 0.338 e. The molecule has 1 aliphatic rings. The molecule has 3 aromatic carbocycles. The average molecular weight is 615 g/mol. The first-order valence-corrected chi connectivity index (χ1v) is 14.4. The molecule has 0 saturated carbocycles. The van der Waals surface area contributed by atoms with Gasteiger partial charge in [0, 0.05) is 6.92 Å². The van der Waals surface area contributed by atoms with Crippen LogP contribution >= 0.6 is 11.3 Å². The van der Waals surface area contributed by atoms with E-state index in [1.54, 1.807) is 50.4 Å². The maximum Gasteiger partial charge on any atom is 0.338 e. The molecule has 1 aliphatic heterocycles. The number of ether oxygens (including phenoxy) is 5. The van der Waals surface area contributed by atoms with Crippen LogP contribution in [0.5, 0.6) is 23.0 Å². The van der Waals surface area contributed by atoms with Crippen molar-refractivity contribution in [3.05, 3.63) is 114 Å². The molecular weight excluding hydrogens is 584 g/mol. The molecule has 0 amide bonds. The van der Waals surface area contributed by atoms with Gasteiger partial charge in [0.25, 0.3) is 5.56 Å². The Kier molecular flexibility index (Phi) is 8.96. The SMILES string of the molecule is COC(=O)C1=C(C)N=c2sc(=Cc3ccc(OCc4ccccc4)c(OC)c3)c(=O)n2C1c1ccc(OC(C)=O)c(OC)c1. The third-order valence-corrected chi connectivity index (χ3v) is 7.89. The number of nitrogens with zero attached hydrogens (tertiary/aromatic N) is 2. The number of allylic oxidation sites excluding steroid dienone is 1. The van der Waals surface area contributed by atoms with Crippen LogP contribution in [-0.2, 0) is 20.9 Å². The number of carbonyl (C=O) groups excluding carboxylic acids is 2. The lowest BCUT2D eigenvalue weighted by atomic mass is 9.95. The highest BCUT2D eigenvalue weighted by Crippen LogP contribution is 2.36. The van der Waals surface area contributed by atoms with E-state index in [0.717, 1.165) is 5.56 Å². The van der Waals surface area contributed by atoms with Crippen LogP contribution in [0.1, 0.15) is 36.6 Å². The van der Waals surface area contributed by atoms with Crippen LogP contribution in [0, 0.1) is 0 Å². The van der Waals surface area contributed by atoms with Crippen molar-refractivity contribution in [2.24, 2.45) is 4.99 Å². The standard InChI is InChI=1S/C33H30N2O8S/c1-19-29(32(38)41-5)30(23-12-14-25(43-20(2)36)27(17-23)40-4)35-31(37)28(44-33(35)34-19)16-22-11-13-24(26(15-22)39-3)42-18-21-9-7-6-8-10-21/h6-17,30H,18H2,1-5H3. The summed E-state index contributed by atoms with van der Waals surface area (Å²) in [4.78, 5) is 43.6. The van der Waals surface area contributed by atoms with Crippen molar-refractivity contribution in [2.75, 3.05) is 21.3 Å². The fourth-order valence-corrected chi connectivity index (χ4v) is 5.93. The molecule has 0 saturated heterocycles. The number of hydrogen-bond acceptors (Lipinski definition) is 10. The summed E-state index contributed by atoms with van der Waals surface area (Å²) in [5.74, 6) is 0.428. The van der Waals surface area contributed by atoms with Gasteiger partial charge in [-0.15, -0.1) is 0 Å². The number of aromatic nitrogens is 1. The number of fused-ring (bicyclic) bond motifs is 1. The van der Waals surface area contributed by atoms with E-state index in [4.69, 9.17) is 23.7 Å². The second-order valence-electron chi connectivity index (χ2n) is 9.76. The highest BCUT2D eigenvalue weighted by Gasteiger charge is 2.33. The van der Waals surface area contributed by atoms with Gasteiger partial charge in [0.2, 0.25) is 0 Å². The topological polar surface area (TPSA) is 115 Å². The first-order valence-electron chi connectivity index (χ1n) is 13.6. The van der Waals surface area contributed by atoms with Crippen molar-refractivity contribution in [3.8, 4) is 23.0 Å². The zero-order valence-corrected chi connectivity index (χ0v) is 25.6. The summed E-state index contributed by atoms with van der Waals surface area (Å²) >= 11 is 1.20. The van der Waals surface area contributed by atoms with E-state index in [1.165, 1.54) is 37.0 Å². The Labute approximate surface area is 257 Å². The van der Waals surface area contributed by atoms with E-state index < -0.39 is 18.0 Å². The Morgan fingerprint density at radius 2 is 1.64 bits per heavy atom. The number of methoxy groups -OCH3 is 3. The average Bonchev–Trinajstić information content (AvgIpc) is 3.33. The number of rotatable bonds is 9. The third-order valence-electron chi connectivity index (χ3n) is 6.91. The fourth-order valence-electron chi connectivity index (χ4n) is 4.88. The predicted octanol–water partition coefficient (Wildman–Crippen LogP) is 3.93. The summed E-state index contributed by atoms with van der Waals surface area (Å²) < 4.78 is 29.2. The molecule has 10 nitrogen and oxygen atoms in total. The Morgan fingerprint density at radius 1 is 0.932 bits per heavy atom. The van der Waals surface area contributed by atoms with Crippen LogP contribution in [0.25, 0.3) is 6.08 Å². The molecule has 1 atom stereocenters. The lowest BCUT2D eigenvalue weighted by molar-refractivity contribution is -0.136. The second-order valence-corrected chi connectivity index (χ2v) is 10.8. The quantitative estimate of drug-likeness (QED) is 0.206. The molecule has 0 aliphatic carbocycles. The van der Waals surface area contributed by atoms with E-state index in [2.05, 4.69) is 4.99 Å². The first kappa shape index (κ1) is 30.3. The minimum atomic E-state index is -0.871. The van der Waals surface area contributed by atoms with Crippen molar-refractivity contribution in [1.29, 1.82) is 0 Å². The lowest BCUT2D eigenvalue weighted by Crippen LogP contribution is -2.39. The van der Waals surface area contributed by atoms with E-state index >= 15 is 0 Å². The number of carbonyl (C=O) groups is 2. The molecule has 4 aromatic rings. The van der Waals surface area contributed by atoms with Gasteiger partial charge in [-0.05, 0) is 54.0 Å². The Balaban J connectivity index is 1.58. The fraction of sp³-hybridized carbons (Fsp3) is 0.212. The molecule has 0 bridgehead atoms. The Bertz CT molecular complexity index is 1940. The monoisotopic (exact) mass is 614 g/mol. The summed E-state index contributed by atoms with van der Waals surface area (Å²) in [7, 11) is 4.27. The minimum Gasteiger partial charge on any atom is -0.493 e. The van der Waals surface area contributed by atoms with Crippen molar-refractivity contribution in [2.45, 2.75) is 26.5 Å². The first-order chi connectivity index (χ1) is 21.2. The van der Waals surface area contributed by atoms with Crippen LogP contribution in [0.15, 0.2) is 87.8 Å². The van der Waals surface area contributed by atoms with Crippen LogP contribution in [0.2, 0.25) is 0 Å². The van der Waals surface area contributed by atoms with E-state index in [-0.39, 0.29) is 22.6 Å². The van der Waals surface area contributed by atoms with Gasteiger partial charge in [-0.3, -0.25) is 14.2 Å². The molecule has 44 heavy (non-hydrogen) atoms. The Morgan fingerprint density at radius 3 is 2.32 bits per heavy atom. The third kappa shape index (κ3) is 6.13. The van der Waals surface area contributed by atoms with Crippen LogP contribution < -0.4 is 33.8 Å². The molecule has 1 aromatic heterocycles. The molecule has 0 spiro atoms. The number of thiazole rings is 1. The van der Waals surface area contributed by atoms with Gasteiger partial charge in [0.15, 0.2) is 27.8 Å². The normalized spacial score (nSPS) is 14.4. The van der Waals surface area contributed by atoms with Crippen molar-refractivity contribution in [3.63, 3.8) is 0 Å². The molecular formula is C33H30N2O8S. The zero-order chi connectivity index (χ0) is 31.4. The molecule has 1 unspecified atom stereocenters. The van der Waals surface area contributed by atoms with E-state index in [0.29, 0.717) is 44.3 Å². The van der Waals surface area contributed by atoms with Gasteiger partial charge in [-0.25, -0.2) is 9.79 Å². The molecule has 226 valence electrons. The second kappa shape index (κ2) is 13.0. The van der Waals surface area contributed by atoms with Crippen LogP contribution in [0.4, 0.5) is 0 Å². The zero-order valence-electron chi connectivity index (χ0n) is 24.8. The maximum absolute atomic E-state index is 14.0. The minimum absolute atomic E-state index is 0.204. The summed E-state index contributed by atoms with van der Waals surface area (Å²) in [5.41, 5.74) is 2.55. The summed E-state index contributed by atoms with van der Waals surface area (Å²) in [5, 5.41) is 0. The Hall–Kier alpha value is -5.16. The van der Waals surface area contributed by atoms with Gasteiger partial charge >= 0.3 is 11.9 Å². The molecule has 11 heteroatoms. The number of hydrogen-bond donors (Lipinski definition) is 0. The molecule has 2 heterocycles. The van der Waals surface area contributed by atoms with Gasteiger partial charge in [0.1, 0.15) is 6.61 Å². The summed E-state index contributed by atoms with van der Waals surface area (Å²) in [6.45, 7) is 3.36. The van der Waals surface area contributed by atoms with Crippen molar-refractivity contribution >= 4 is 29.4 Å². The van der Waals surface area contributed by atoms with Crippen LogP contribution in [-0.4, -0.2) is 37.8 Å². The highest BCUT2D eigenvalue weighted by atomic mass is 32.1. The number of esters is 2. The van der Waals surface area contributed by atoms with E-state index in [1.807, 2.05) is 36.4 Å².